The van der Waals surface area contributed by atoms with Gasteiger partial charge in [0.05, 0.1) is 12.7 Å². The summed E-state index contributed by atoms with van der Waals surface area (Å²) >= 11 is 0. The Bertz CT molecular complexity index is 106. The average Bonchev–Trinajstić information content (AvgIpc) is 2.74. The molecule has 2 aliphatic heterocycles. The van der Waals surface area contributed by atoms with Crippen molar-refractivity contribution in [2.45, 2.75) is 25.4 Å². The Labute approximate surface area is 61.9 Å². The second-order valence-electron chi connectivity index (χ2n) is 3.38. The smallest absolute Gasteiger partial charge is 0.0812 e. The van der Waals surface area contributed by atoms with Gasteiger partial charge in [-0.2, -0.15) is 0 Å². The molecule has 0 aromatic rings. The Morgan fingerprint density at radius 3 is 2.60 bits per heavy atom. The number of rotatable bonds is 2. The molecule has 10 heavy (non-hydrogen) atoms. The van der Waals surface area contributed by atoms with Gasteiger partial charge in [0.15, 0.2) is 0 Å². The molecule has 2 aliphatic rings. The molecule has 1 atom stereocenters. The van der Waals surface area contributed by atoms with Gasteiger partial charge in [0.25, 0.3) is 0 Å². The number of ether oxygens (including phenoxy) is 1. The van der Waals surface area contributed by atoms with Crippen molar-refractivity contribution < 1.29 is 4.74 Å². The molecule has 0 saturated carbocycles. The number of hydrogen-bond donors (Lipinski definition) is 1. The maximum atomic E-state index is 5.19. The standard InChI is InChI=1S/C8H15NO/c1-3-9-4-2-7(1)5-8-6-10-8/h7-9H,1-6H2/t8-/m1/s1. The van der Waals surface area contributed by atoms with Gasteiger partial charge < -0.3 is 10.1 Å². The van der Waals surface area contributed by atoms with Crippen LogP contribution in [0.2, 0.25) is 0 Å². The van der Waals surface area contributed by atoms with E-state index >= 15 is 0 Å². The van der Waals surface area contributed by atoms with Crippen LogP contribution in [-0.2, 0) is 4.74 Å². The van der Waals surface area contributed by atoms with Gasteiger partial charge in [0, 0.05) is 0 Å². The summed E-state index contributed by atoms with van der Waals surface area (Å²) in [5, 5.41) is 3.37. The monoisotopic (exact) mass is 141 g/mol. The van der Waals surface area contributed by atoms with Crippen LogP contribution >= 0.6 is 0 Å². The van der Waals surface area contributed by atoms with E-state index in [1.54, 1.807) is 0 Å². The average molecular weight is 141 g/mol. The highest BCUT2D eigenvalue weighted by Gasteiger charge is 2.26. The van der Waals surface area contributed by atoms with E-state index in [9.17, 15) is 0 Å². The summed E-state index contributed by atoms with van der Waals surface area (Å²) < 4.78 is 5.19. The summed E-state index contributed by atoms with van der Waals surface area (Å²) in [5.41, 5.74) is 0. The highest BCUT2D eigenvalue weighted by Crippen LogP contribution is 2.24. The Hall–Kier alpha value is -0.0800. The van der Waals surface area contributed by atoms with E-state index in [-0.39, 0.29) is 0 Å². The lowest BCUT2D eigenvalue weighted by atomic mass is 9.93. The summed E-state index contributed by atoms with van der Waals surface area (Å²) in [6.45, 7) is 3.47. The quantitative estimate of drug-likeness (QED) is 0.575. The number of epoxide rings is 1. The van der Waals surface area contributed by atoms with Crippen molar-refractivity contribution in [3.63, 3.8) is 0 Å². The van der Waals surface area contributed by atoms with Crippen LogP contribution in [-0.4, -0.2) is 25.8 Å². The predicted octanol–water partition coefficient (Wildman–Crippen LogP) is 0.775. The van der Waals surface area contributed by atoms with Gasteiger partial charge in [-0.15, -0.1) is 0 Å². The van der Waals surface area contributed by atoms with E-state index in [0.717, 1.165) is 12.5 Å². The van der Waals surface area contributed by atoms with Gasteiger partial charge in [-0.3, -0.25) is 0 Å². The molecule has 0 aromatic heterocycles. The van der Waals surface area contributed by atoms with Gasteiger partial charge in [-0.1, -0.05) is 0 Å². The number of nitrogens with one attached hydrogen (secondary N) is 1. The van der Waals surface area contributed by atoms with Crippen molar-refractivity contribution in [1.82, 2.24) is 5.32 Å². The van der Waals surface area contributed by atoms with E-state index in [4.69, 9.17) is 4.74 Å². The fourth-order valence-corrected chi connectivity index (χ4v) is 1.69. The molecule has 0 aliphatic carbocycles. The van der Waals surface area contributed by atoms with Crippen molar-refractivity contribution in [3.8, 4) is 0 Å². The minimum absolute atomic E-state index is 0.642. The topological polar surface area (TPSA) is 24.6 Å². The van der Waals surface area contributed by atoms with Gasteiger partial charge in [0.1, 0.15) is 0 Å². The molecular weight excluding hydrogens is 126 g/mol. The van der Waals surface area contributed by atoms with Gasteiger partial charge >= 0.3 is 0 Å². The van der Waals surface area contributed by atoms with Crippen LogP contribution in [0.15, 0.2) is 0 Å². The maximum absolute atomic E-state index is 5.19. The first kappa shape index (κ1) is 6.62. The molecule has 0 spiro atoms. The normalized spacial score (nSPS) is 34.2. The highest BCUT2D eigenvalue weighted by molar-refractivity contribution is 4.77. The first-order chi connectivity index (χ1) is 4.95. The molecule has 2 fully saturated rings. The second kappa shape index (κ2) is 2.89. The second-order valence-corrected chi connectivity index (χ2v) is 3.38. The molecule has 0 unspecified atom stereocenters. The Morgan fingerprint density at radius 1 is 1.30 bits per heavy atom. The summed E-state index contributed by atoms with van der Waals surface area (Å²) in [5.74, 6) is 0.953. The molecule has 2 heterocycles. The fraction of sp³-hybridized carbons (Fsp3) is 1.00. The van der Waals surface area contributed by atoms with Crippen LogP contribution in [0, 0.1) is 5.92 Å². The minimum Gasteiger partial charge on any atom is -0.373 e. The lowest BCUT2D eigenvalue weighted by Gasteiger charge is -2.21. The lowest BCUT2D eigenvalue weighted by Crippen LogP contribution is -2.28. The zero-order valence-electron chi connectivity index (χ0n) is 6.31. The van der Waals surface area contributed by atoms with Crippen LogP contribution < -0.4 is 5.32 Å². The summed E-state index contributed by atoms with van der Waals surface area (Å²) in [6.07, 6.45) is 4.68. The van der Waals surface area contributed by atoms with Gasteiger partial charge in [-0.25, -0.2) is 0 Å². The molecule has 0 amide bonds. The molecule has 0 aromatic carbocycles. The van der Waals surface area contributed by atoms with Crippen LogP contribution in [0.5, 0.6) is 0 Å². The third-order valence-electron chi connectivity index (χ3n) is 2.46. The van der Waals surface area contributed by atoms with Crippen LogP contribution in [0.4, 0.5) is 0 Å². The summed E-state index contributed by atoms with van der Waals surface area (Å²) in [6, 6.07) is 0. The predicted molar refractivity (Wildman–Crippen MR) is 40.0 cm³/mol. The van der Waals surface area contributed by atoms with Crippen molar-refractivity contribution in [2.75, 3.05) is 19.7 Å². The third kappa shape index (κ3) is 1.70. The third-order valence-corrected chi connectivity index (χ3v) is 2.46. The fourth-order valence-electron chi connectivity index (χ4n) is 1.69. The van der Waals surface area contributed by atoms with E-state index < -0.39 is 0 Å². The van der Waals surface area contributed by atoms with Crippen LogP contribution in [0.1, 0.15) is 19.3 Å². The van der Waals surface area contributed by atoms with E-state index in [0.29, 0.717) is 6.10 Å². The van der Waals surface area contributed by atoms with Crippen molar-refractivity contribution >= 4 is 0 Å². The number of hydrogen-bond acceptors (Lipinski definition) is 2. The highest BCUT2D eigenvalue weighted by atomic mass is 16.6. The van der Waals surface area contributed by atoms with Crippen molar-refractivity contribution in [2.24, 2.45) is 5.92 Å². The molecule has 58 valence electrons. The van der Waals surface area contributed by atoms with E-state index in [1.807, 2.05) is 0 Å². The molecular formula is C8H15NO. The SMILES string of the molecule is C1CC(C[C@@H]2CO2)CCN1. The Balaban J connectivity index is 1.69. The molecule has 2 nitrogen and oxygen atoms in total. The summed E-state index contributed by atoms with van der Waals surface area (Å²) in [7, 11) is 0. The van der Waals surface area contributed by atoms with Gasteiger partial charge in [-0.05, 0) is 38.3 Å². The molecule has 1 N–H and O–H groups in total. The van der Waals surface area contributed by atoms with Crippen LogP contribution in [0.25, 0.3) is 0 Å². The number of piperidine rings is 1. The Kier molecular flexibility index (Phi) is 1.91. The molecule has 0 radical (unpaired) electrons. The van der Waals surface area contributed by atoms with E-state index in [2.05, 4.69) is 5.32 Å². The lowest BCUT2D eigenvalue weighted by molar-refractivity contribution is 0.302. The largest absolute Gasteiger partial charge is 0.373 e. The first-order valence-electron chi connectivity index (χ1n) is 4.27. The first-order valence-corrected chi connectivity index (χ1v) is 4.27. The Morgan fingerprint density at radius 2 is 2.00 bits per heavy atom. The maximum Gasteiger partial charge on any atom is 0.0812 e. The molecule has 2 saturated heterocycles. The minimum atomic E-state index is 0.642. The molecule has 2 rings (SSSR count). The molecule has 0 bridgehead atoms. The summed E-state index contributed by atoms with van der Waals surface area (Å²) in [4.78, 5) is 0. The van der Waals surface area contributed by atoms with Crippen molar-refractivity contribution in [3.05, 3.63) is 0 Å². The van der Waals surface area contributed by atoms with Crippen molar-refractivity contribution in [1.29, 1.82) is 0 Å². The zero-order valence-corrected chi connectivity index (χ0v) is 6.31. The zero-order chi connectivity index (χ0) is 6.81. The van der Waals surface area contributed by atoms with Gasteiger partial charge in [0.2, 0.25) is 0 Å². The van der Waals surface area contributed by atoms with E-state index in [1.165, 1.54) is 32.4 Å². The molecule has 2 heteroatoms. The van der Waals surface area contributed by atoms with Crippen LogP contribution in [0.3, 0.4) is 0 Å².